The van der Waals surface area contributed by atoms with Crippen LogP contribution in [0.4, 0.5) is 0 Å². The van der Waals surface area contributed by atoms with E-state index in [4.69, 9.17) is 5.73 Å². The maximum atomic E-state index is 12.3. The molecular formula is C17H34N2O. The first-order chi connectivity index (χ1) is 9.38. The number of hydrogen-bond acceptors (Lipinski definition) is 2. The van der Waals surface area contributed by atoms with Crippen LogP contribution in [-0.4, -0.2) is 30.4 Å². The highest BCUT2D eigenvalue weighted by Gasteiger charge is 2.26. The Bertz CT molecular complexity index is 288. The predicted octanol–water partition coefficient (Wildman–Crippen LogP) is 3.43. The Morgan fingerprint density at radius 2 is 1.85 bits per heavy atom. The molecule has 118 valence electrons. The number of amides is 1. The average Bonchev–Trinajstić information content (AvgIpc) is 2.42. The summed E-state index contributed by atoms with van der Waals surface area (Å²) in [6.45, 7) is 11.7. The zero-order valence-corrected chi connectivity index (χ0v) is 14.0. The standard InChI is InChI=1S/C17H34N2O/c1-5-14-9-12-19(13-10-14)16(20)7-6-15(8-11-18)17(2,3)4/h14-15H,5-13,18H2,1-4H3. The summed E-state index contributed by atoms with van der Waals surface area (Å²) >= 11 is 0. The van der Waals surface area contributed by atoms with Crippen molar-refractivity contribution in [3.63, 3.8) is 0 Å². The van der Waals surface area contributed by atoms with Crippen molar-refractivity contribution in [3.8, 4) is 0 Å². The number of rotatable bonds is 6. The van der Waals surface area contributed by atoms with Crippen molar-refractivity contribution in [3.05, 3.63) is 0 Å². The summed E-state index contributed by atoms with van der Waals surface area (Å²) in [7, 11) is 0. The van der Waals surface area contributed by atoms with Crippen molar-refractivity contribution in [2.75, 3.05) is 19.6 Å². The molecule has 1 heterocycles. The van der Waals surface area contributed by atoms with E-state index in [1.165, 1.54) is 19.3 Å². The third kappa shape index (κ3) is 5.43. The van der Waals surface area contributed by atoms with E-state index in [2.05, 4.69) is 32.6 Å². The molecule has 1 aliphatic heterocycles. The summed E-state index contributed by atoms with van der Waals surface area (Å²) in [5.74, 6) is 1.73. The second kappa shape index (κ2) is 8.02. The van der Waals surface area contributed by atoms with Gasteiger partial charge in [-0.1, -0.05) is 34.1 Å². The molecule has 0 bridgehead atoms. The van der Waals surface area contributed by atoms with Crippen LogP contribution in [0.1, 0.15) is 66.2 Å². The third-order valence-electron chi connectivity index (χ3n) is 4.99. The summed E-state index contributed by atoms with van der Waals surface area (Å²) in [6.07, 6.45) is 6.33. The van der Waals surface area contributed by atoms with Crippen molar-refractivity contribution < 1.29 is 4.79 Å². The van der Waals surface area contributed by atoms with Crippen LogP contribution in [-0.2, 0) is 4.79 Å². The predicted molar refractivity (Wildman–Crippen MR) is 85.4 cm³/mol. The summed E-state index contributed by atoms with van der Waals surface area (Å²) in [5, 5.41) is 0. The van der Waals surface area contributed by atoms with E-state index in [1.807, 2.05) is 0 Å². The molecule has 0 aromatic rings. The highest BCUT2D eigenvalue weighted by molar-refractivity contribution is 5.76. The average molecular weight is 282 g/mol. The molecule has 0 radical (unpaired) electrons. The second-order valence-electron chi connectivity index (χ2n) is 7.41. The topological polar surface area (TPSA) is 46.3 Å². The quantitative estimate of drug-likeness (QED) is 0.811. The number of likely N-dealkylation sites (tertiary alicyclic amines) is 1. The number of hydrogen-bond donors (Lipinski definition) is 1. The van der Waals surface area contributed by atoms with Crippen LogP contribution in [0, 0.1) is 17.3 Å². The van der Waals surface area contributed by atoms with Crippen LogP contribution in [0.25, 0.3) is 0 Å². The first-order valence-corrected chi connectivity index (χ1v) is 8.36. The molecule has 1 saturated heterocycles. The molecule has 1 rings (SSSR count). The fourth-order valence-corrected chi connectivity index (χ4v) is 3.26. The normalized spacial score (nSPS) is 19.1. The Balaban J connectivity index is 2.38. The fourth-order valence-electron chi connectivity index (χ4n) is 3.26. The Hall–Kier alpha value is -0.570. The lowest BCUT2D eigenvalue weighted by atomic mass is 9.76. The van der Waals surface area contributed by atoms with Crippen LogP contribution in [0.2, 0.25) is 0 Å². The number of carbonyl (C=O) groups is 1. The number of carbonyl (C=O) groups excluding carboxylic acids is 1. The molecule has 3 heteroatoms. The maximum absolute atomic E-state index is 12.3. The van der Waals surface area contributed by atoms with Crippen molar-refractivity contribution in [1.82, 2.24) is 4.90 Å². The minimum absolute atomic E-state index is 0.245. The summed E-state index contributed by atoms with van der Waals surface area (Å²) in [6, 6.07) is 0. The number of nitrogens with zero attached hydrogens (tertiary/aromatic N) is 1. The van der Waals surface area contributed by atoms with Gasteiger partial charge in [-0.15, -0.1) is 0 Å². The number of nitrogens with two attached hydrogens (primary N) is 1. The second-order valence-corrected chi connectivity index (χ2v) is 7.41. The molecule has 1 aliphatic rings. The van der Waals surface area contributed by atoms with Crippen molar-refractivity contribution >= 4 is 5.91 Å². The molecule has 1 atom stereocenters. The Labute approximate surface area is 125 Å². The van der Waals surface area contributed by atoms with E-state index in [1.54, 1.807) is 0 Å². The van der Waals surface area contributed by atoms with Crippen molar-refractivity contribution in [2.45, 2.75) is 66.2 Å². The van der Waals surface area contributed by atoms with Crippen LogP contribution in [0.3, 0.4) is 0 Å². The van der Waals surface area contributed by atoms with Gasteiger partial charge in [0, 0.05) is 19.5 Å². The minimum Gasteiger partial charge on any atom is -0.343 e. The first kappa shape index (κ1) is 17.5. The fraction of sp³-hybridized carbons (Fsp3) is 0.941. The molecule has 3 nitrogen and oxygen atoms in total. The number of piperidine rings is 1. The molecule has 2 N–H and O–H groups in total. The summed E-state index contributed by atoms with van der Waals surface area (Å²) in [5.41, 5.74) is 5.96. The summed E-state index contributed by atoms with van der Waals surface area (Å²) in [4.78, 5) is 14.4. The minimum atomic E-state index is 0.245. The van der Waals surface area contributed by atoms with Gasteiger partial charge in [0.2, 0.25) is 5.91 Å². The van der Waals surface area contributed by atoms with E-state index in [0.29, 0.717) is 18.2 Å². The van der Waals surface area contributed by atoms with Gasteiger partial charge in [0.15, 0.2) is 0 Å². The van der Waals surface area contributed by atoms with E-state index < -0.39 is 0 Å². The highest BCUT2D eigenvalue weighted by Crippen LogP contribution is 2.32. The lowest BCUT2D eigenvalue weighted by Crippen LogP contribution is -2.38. The molecule has 0 aromatic carbocycles. The monoisotopic (exact) mass is 282 g/mol. The van der Waals surface area contributed by atoms with Crippen LogP contribution in [0.15, 0.2) is 0 Å². The molecular weight excluding hydrogens is 248 g/mol. The van der Waals surface area contributed by atoms with Gasteiger partial charge >= 0.3 is 0 Å². The zero-order valence-electron chi connectivity index (χ0n) is 14.0. The SMILES string of the molecule is CCC1CCN(C(=O)CCC(CCN)C(C)(C)C)CC1. The maximum Gasteiger partial charge on any atom is 0.222 e. The van der Waals surface area contributed by atoms with Crippen molar-refractivity contribution in [2.24, 2.45) is 23.0 Å². The molecule has 1 fully saturated rings. The van der Waals surface area contributed by atoms with Gasteiger partial charge in [-0.25, -0.2) is 0 Å². The summed E-state index contributed by atoms with van der Waals surface area (Å²) < 4.78 is 0. The van der Waals surface area contributed by atoms with Gasteiger partial charge in [-0.05, 0) is 49.5 Å². The Morgan fingerprint density at radius 3 is 2.30 bits per heavy atom. The lowest BCUT2D eigenvalue weighted by Gasteiger charge is -2.34. The molecule has 0 spiro atoms. The van der Waals surface area contributed by atoms with E-state index in [-0.39, 0.29) is 5.41 Å². The molecule has 0 aliphatic carbocycles. The van der Waals surface area contributed by atoms with E-state index >= 15 is 0 Å². The Kier molecular flexibility index (Phi) is 7.01. The molecule has 1 amide bonds. The van der Waals surface area contributed by atoms with E-state index in [9.17, 15) is 4.79 Å². The third-order valence-corrected chi connectivity index (χ3v) is 4.99. The smallest absolute Gasteiger partial charge is 0.222 e. The molecule has 0 aromatic heterocycles. The van der Waals surface area contributed by atoms with Gasteiger partial charge in [0.1, 0.15) is 0 Å². The largest absolute Gasteiger partial charge is 0.343 e. The van der Waals surface area contributed by atoms with Crippen LogP contribution in [0.5, 0.6) is 0 Å². The van der Waals surface area contributed by atoms with E-state index in [0.717, 1.165) is 38.4 Å². The lowest BCUT2D eigenvalue weighted by molar-refractivity contribution is -0.133. The van der Waals surface area contributed by atoms with Crippen LogP contribution >= 0.6 is 0 Å². The molecule has 1 unspecified atom stereocenters. The van der Waals surface area contributed by atoms with Crippen LogP contribution < -0.4 is 5.73 Å². The van der Waals surface area contributed by atoms with Gasteiger partial charge in [0.05, 0.1) is 0 Å². The molecule has 0 saturated carbocycles. The van der Waals surface area contributed by atoms with Gasteiger partial charge < -0.3 is 10.6 Å². The zero-order chi connectivity index (χ0) is 15.2. The van der Waals surface area contributed by atoms with Gasteiger partial charge in [-0.2, -0.15) is 0 Å². The molecule has 20 heavy (non-hydrogen) atoms. The first-order valence-electron chi connectivity index (χ1n) is 8.36. The Morgan fingerprint density at radius 1 is 1.25 bits per heavy atom. The van der Waals surface area contributed by atoms with Gasteiger partial charge in [0.25, 0.3) is 0 Å². The van der Waals surface area contributed by atoms with Gasteiger partial charge in [-0.3, -0.25) is 4.79 Å². The highest BCUT2D eigenvalue weighted by atomic mass is 16.2. The van der Waals surface area contributed by atoms with Crippen molar-refractivity contribution in [1.29, 1.82) is 0 Å².